The highest BCUT2D eigenvalue weighted by molar-refractivity contribution is 9.10. The van der Waals surface area contributed by atoms with Gasteiger partial charge in [0.25, 0.3) is 5.91 Å². The molecule has 0 aliphatic rings. The number of aliphatic hydroxyl groups excluding tert-OH is 1. The zero-order valence-corrected chi connectivity index (χ0v) is 12.2. The maximum atomic E-state index is 13.5. The largest absolute Gasteiger partial charge is 0.387 e. The molecule has 2 N–H and O–H groups in total. The van der Waals surface area contributed by atoms with Crippen molar-refractivity contribution in [2.45, 2.75) is 6.10 Å². The first-order chi connectivity index (χ1) is 9.08. The van der Waals surface area contributed by atoms with Crippen LogP contribution in [0, 0.1) is 5.82 Å². The Morgan fingerprint density at radius 3 is 2.95 bits per heavy atom. The minimum atomic E-state index is -0.787. The van der Waals surface area contributed by atoms with E-state index in [9.17, 15) is 14.3 Å². The Bertz CT molecular complexity index is 574. The molecule has 1 heterocycles. The number of hydrogen-bond acceptors (Lipinski definition) is 3. The summed E-state index contributed by atoms with van der Waals surface area (Å²) >= 11 is 4.65. The summed E-state index contributed by atoms with van der Waals surface area (Å²) in [5, 5.41) is 16.0. The molecule has 1 amide bonds. The molecule has 3 nitrogen and oxygen atoms in total. The summed E-state index contributed by atoms with van der Waals surface area (Å²) in [5.74, 6) is -1.14. The van der Waals surface area contributed by atoms with Crippen LogP contribution >= 0.6 is 27.3 Å². The van der Waals surface area contributed by atoms with Gasteiger partial charge in [0.2, 0.25) is 0 Å². The van der Waals surface area contributed by atoms with Gasteiger partial charge in [-0.25, -0.2) is 4.39 Å². The SMILES string of the molecule is O=C(NCC(O)c1ccsc1)c1cc(Br)ccc1F. The molecule has 1 unspecified atom stereocenters. The van der Waals surface area contributed by atoms with Crippen molar-refractivity contribution in [3.8, 4) is 0 Å². The standard InChI is InChI=1S/C13H11BrFNO2S/c14-9-1-2-11(15)10(5-9)13(18)16-6-12(17)8-3-4-19-7-8/h1-5,7,12,17H,6H2,(H,16,18). The number of hydrogen-bond donors (Lipinski definition) is 2. The molecule has 0 radical (unpaired) electrons. The van der Waals surface area contributed by atoms with Crippen LogP contribution in [0.2, 0.25) is 0 Å². The third kappa shape index (κ3) is 3.62. The van der Waals surface area contributed by atoms with E-state index < -0.39 is 17.8 Å². The van der Waals surface area contributed by atoms with Gasteiger partial charge < -0.3 is 10.4 Å². The molecule has 0 fully saturated rings. The summed E-state index contributed by atoms with van der Waals surface area (Å²) in [5.41, 5.74) is 0.687. The predicted molar refractivity (Wildman–Crippen MR) is 75.7 cm³/mol. The van der Waals surface area contributed by atoms with Crippen molar-refractivity contribution in [1.82, 2.24) is 5.32 Å². The average molecular weight is 344 g/mol. The number of amides is 1. The number of carbonyl (C=O) groups is 1. The summed E-state index contributed by atoms with van der Waals surface area (Å²) in [7, 11) is 0. The fourth-order valence-electron chi connectivity index (χ4n) is 1.54. The van der Waals surface area contributed by atoms with Gasteiger partial charge in [-0.15, -0.1) is 0 Å². The molecule has 1 atom stereocenters. The zero-order valence-electron chi connectivity index (χ0n) is 9.77. The first-order valence-electron chi connectivity index (χ1n) is 5.51. The van der Waals surface area contributed by atoms with E-state index in [1.54, 1.807) is 11.4 Å². The van der Waals surface area contributed by atoms with Gasteiger partial charge in [0.15, 0.2) is 0 Å². The number of aliphatic hydroxyl groups is 1. The Labute approximate surface area is 122 Å². The molecular weight excluding hydrogens is 333 g/mol. The molecule has 0 bridgehead atoms. The minimum absolute atomic E-state index is 0.0432. The van der Waals surface area contributed by atoms with Crippen molar-refractivity contribution in [3.63, 3.8) is 0 Å². The summed E-state index contributed by atoms with van der Waals surface area (Å²) in [6, 6.07) is 5.92. The number of thiophene rings is 1. The van der Waals surface area contributed by atoms with Gasteiger partial charge in [-0.2, -0.15) is 11.3 Å². The summed E-state index contributed by atoms with van der Waals surface area (Å²) in [6.07, 6.45) is -0.787. The van der Waals surface area contributed by atoms with Crippen molar-refractivity contribution in [1.29, 1.82) is 0 Å². The maximum Gasteiger partial charge on any atom is 0.254 e. The second-order valence-electron chi connectivity index (χ2n) is 3.91. The van der Waals surface area contributed by atoms with Gasteiger partial charge in [-0.3, -0.25) is 4.79 Å². The third-order valence-electron chi connectivity index (χ3n) is 2.56. The molecule has 0 spiro atoms. The second-order valence-corrected chi connectivity index (χ2v) is 5.60. The summed E-state index contributed by atoms with van der Waals surface area (Å²) < 4.78 is 14.1. The van der Waals surface area contributed by atoms with Crippen LogP contribution < -0.4 is 5.32 Å². The normalized spacial score (nSPS) is 12.2. The topological polar surface area (TPSA) is 49.3 Å². The minimum Gasteiger partial charge on any atom is -0.387 e. The Morgan fingerprint density at radius 2 is 2.26 bits per heavy atom. The maximum absolute atomic E-state index is 13.5. The first kappa shape index (κ1) is 14.2. The van der Waals surface area contributed by atoms with Gasteiger partial charge in [-0.05, 0) is 40.6 Å². The molecule has 0 saturated carbocycles. The van der Waals surface area contributed by atoms with Crippen LogP contribution in [0.1, 0.15) is 22.0 Å². The summed E-state index contributed by atoms with van der Waals surface area (Å²) in [4.78, 5) is 11.8. The second kappa shape index (κ2) is 6.27. The number of benzene rings is 1. The van der Waals surface area contributed by atoms with Gasteiger partial charge in [0.05, 0.1) is 11.7 Å². The van der Waals surface area contributed by atoms with Gasteiger partial charge in [-0.1, -0.05) is 15.9 Å². The van der Waals surface area contributed by atoms with Crippen LogP contribution in [-0.4, -0.2) is 17.6 Å². The smallest absolute Gasteiger partial charge is 0.254 e. The molecule has 19 heavy (non-hydrogen) atoms. The molecule has 1 aromatic heterocycles. The van der Waals surface area contributed by atoms with Crippen molar-refractivity contribution in [3.05, 3.63) is 56.4 Å². The van der Waals surface area contributed by atoms with E-state index in [0.717, 1.165) is 5.56 Å². The summed E-state index contributed by atoms with van der Waals surface area (Å²) in [6.45, 7) is 0.0432. The Balaban J connectivity index is 2.00. The molecule has 2 rings (SSSR count). The van der Waals surface area contributed by atoms with Crippen LogP contribution in [0.4, 0.5) is 4.39 Å². The number of halogens is 2. The van der Waals surface area contributed by atoms with Crippen LogP contribution in [-0.2, 0) is 0 Å². The lowest BCUT2D eigenvalue weighted by molar-refractivity contribution is 0.0912. The van der Waals surface area contributed by atoms with Crippen molar-refractivity contribution < 1.29 is 14.3 Å². The van der Waals surface area contributed by atoms with Crippen LogP contribution in [0.15, 0.2) is 39.5 Å². The lowest BCUT2D eigenvalue weighted by Gasteiger charge is -2.11. The Kier molecular flexibility index (Phi) is 4.68. The van der Waals surface area contributed by atoms with Gasteiger partial charge in [0.1, 0.15) is 5.82 Å². The Hall–Kier alpha value is -1.24. The van der Waals surface area contributed by atoms with E-state index >= 15 is 0 Å². The van der Waals surface area contributed by atoms with E-state index in [2.05, 4.69) is 21.2 Å². The number of nitrogens with one attached hydrogen (secondary N) is 1. The molecule has 100 valence electrons. The average Bonchev–Trinajstić information content (AvgIpc) is 2.92. The lowest BCUT2D eigenvalue weighted by Crippen LogP contribution is -2.28. The highest BCUT2D eigenvalue weighted by atomic mass is 79.9. The highest BCUT2D eigenvalue weighted by Crippen LogP contribution is 2.17. The predicted octanol–water partition coefficient (Wildman–Crippen LogP) is 3.11. The third-order valence-corrected chi connectivity index (χ3v) is 3.75. The van der Waals surface area contributed by atoms with Crippen molar-refractivity contribution >= 4 is 33.2 Å². The van der Waals surface area contributed by atoms with Crippen molar-refractivity contribution in [2.75, 3.05) is 6.54 Å². The fourth-order valence-corrected chi connectivity index (χ4v) is 2.61. The van der Waals surface area contributed by atoms with E-state index in [1.165, 1.54) is 29.5 Å². The number of carbonyl (C=O) groups excluding carboxylic acids is 1. The first-order valence-corrected chi connectivity index (χ1v) is 7.25. The Morgan fingerprint density at radius 1 is 1.47 bits per heavy atom. The zero-order chi connectivity index (χ0) is 13.8. The molecular formula is C13H11BrFNO2S. The molecule has 6 heteroatoms. The van der Waals surface area contributed by atoms with Gasteiger partial charge in [0, 0.05) is 11.0 Å². The van der Waals surface area contributed by atoms with E-state index in [1.807, 2.05) is 5.38 Å². The van der Waals surface area contributed by atoms with E-state index in [-0.39, 0.29) is 12.1 Å². The molecule has 1 aromatic carbocycles. The fraction of sp³-hybridized carbons (Fsp3) is 0.154. The molecule has 0 aliphatic heterocycles. The monoisotopic (exact) mass is 343 g/mol. The van der Waals surface area contributed by atoms with Crippen LogP contribution in [0.25, 0.3) is 0 Å². The lowest BCUT2D eigenvalue weighted by atomic mass is 10.1. The van der Waals surface area contributed by atoms with Crippen molar-refractivity contribution in [2.24, 2.45) is 0 Å². The van der Waals surface area contributed by atoms with Crippen LogP contribution in [0.3, 0.4) is 0 Å². The number of rotatable bonds is 4. The van der Waals surface area contributed by atoms with E-state index in [0.29, 0.717) is 4.47 Å². The molecule has 2 aromatic rings. The van der Waals surface area contributed by atoms with Gasteiger partial charge >= 0.3 is 0 Å². The molecule has 0 saturated heterocycles. The van der Waals surface area contributed by atoms with E-state index in [4.69, 9.17) is 0 Å². The molecule has 0 aliphatic carbocycles. The van der Waals surface area contributed by atoms with Crippen LogP contribution in [0.5, 0.6) is 0 Å². The quantitative estimate of drug-likeness (QED) is 0.895. The highest BCUT2D eigenvalue weighted by Gasteiger charge is 2.14.